The van der Waals surface area contributed by atoms with Crippen molar-refractivity contribution in [1.82, 2.24) is 20.1 Å². The first-order valence-corrected chi connectivity index (χ1v) is 9.64. The summed E-state index contributed by atoms with van der Waals surface area (Å²) in [6.07, 6.45) is 6.48. The number of fused-ring (bicyclic) bond motifs is 1. The summed E-state index contributed by atoms with van der Waals surface area (Å²) in [7, 11) is 0. The number of anilines is 2. The molecule has 0 aliphatic heterocycles. The number of nitrogens with one attached hydrogen (secondary N) is 2. The molecule has 4 aromatic rings. The Bertz CT molecular complexity index is 1300. The second-order valence-corrected chi connectivity index (χ2v) is 8.03. The molecule has 0 bridgehead atoms. The van der Waals surface area contributed by atoms with Crippen molar-refractivity contribution < 1.29 is 9.32 Å². The maximum atomic E-state index is 12.7. The monoisotopic (exact) mass is 412 g/mol. The number of allylic oxidation sites excluding steroid dienone is 1. The van der Waals surface area contributed by atoms with Crippen LogP contribution in [0.25, 0.3) is 22.8 Å². The summed E-state index contributed by atoms with van der Waals surface area (Å²) in [5.41, 5.74) is 3.13. The quantitative estimate of drug-likeness (QED) is 0.350. The number of benzene rings is 1. The third-order valence-electron chi connectivity index (χ3n) is 4.62. The second-order valence-electron chi connectivity index (χ2n) is 8.03. The van der Waals surface area contributed by atoms with E-state index in [1.165, 1.54) is 6.20 Å². The predicted octanol–water partition coefficient (Wildman–Crippen LogP) is 4.98. The third-order valence-corrected chi connectivity index (χ3v) is 4.62. The van der Waals surface area contributed by atoms with Crippen molar-refractivity contribution in [1.29, 1.82) is 5.26 Å². The van der Waals surface area contributed by atoms with E-state index in [2.05, 4.69) is 31.5 Å². The minimum absolute atomic E-state index is 0.00129. The Labute approximate surface area is 178 Å². The van der Waals surface area contributed by atoms with Gasteiger partial charge in [-0.25, -0.2) is 9.97 Å². The van der Waals surface area contributed by atoms with Crippen molar-refractivity contribution >= 4 is 40.1 Å². The van der Waals surface area contributed by atoms with E-state index in [0.29, 0.717) is 33.9 Å². The van der Waals surface area contributed by atoms with Gasteiger partial charge in [-0.05, 0) is 23.8 Å². The zero-order valence-electron chi connectivity index (χ0n) is 17.3. The van der Waals surface area contributed by atoms with Crippen LogP contribution in [0.2, 0.25) is 0 Å². The van der Waals surface area contributed by atoms with Gasteiger partial charge in [0, 0.05) is 23.4 Å². The molecule has 1 aromatic carbocycles. The Morgan fingerprint density at radius 3 is 2.65 bits per heavy atom. The van der Waals surface area contributed by atoms with Crippen LogP contribution in [0.1, 0.15) is 42.5 Å². The SMILES string of the molecule is CC(C)(C)C(=O)c1c[nH]c2ncc(Nc3ccc(/C=C(/C#N)c4ccno4)cc3)nc12. The normalized spacial score (nSPS) is 12.0. The van der Waals surface area contributed by atoms with E-state index in [9.17, 15) is 10.1 Å². The van der Waals surface area contributed by atoms with E-state index in [1.807, 2.05) is 45.0 Å². The van der Waals surface area contributed by atoms with Gasteiger partial charge in [0.15, 0.2) is 17.2 Å². The molecule has 3 aromatic heterocycles. The number of carbonyl (C=O) groups is 1. The van der Waals surface area contributed by atoms with E-state index < -0.39 is 5.41 Å². The molecule has 0 saturated heterocycles. The van der Waals surface area contributed by atoms with E-state index in [4.69, 9.17) is 4.52 Å². The van der Waals surface area contributed by atoms with E-state index in [0.717, 1.165) is 11.3 Å². The lowest BCUT2D eigenvalue weighted by Crippen LogP contribution is -2.20. The van der Waals surface area contributed by atoms with Gasteiger partial charge in [-0.3, -0.25) is 4.79 Å². The molecule has 4 rings (SSSR count). The van der Waals surface area contributed by atoms with Crippen LogP contribution in [0.4, 0.5) is 11.5 Å². The van der Waals surface area contributed by atoms with Gasteiger partial charge in [0.25, 0.3) is 0 Å². The molecule has 0 saturated carbocycles. The first-order valence-electron chi connectivity index (χ1n) is 9.64. The average molecular weight is 412 g/mol. The Kier molecular flexibility index (Phi) is 5.09. The van der Waals surface area contributed by atoms with Gasteiger partial charge in [-0.1, -0.05) is 38.1 Å². The number of carbonyl (C=O) groups excluding carboxylic acids is 1. The average Bonchev–Trinajstić information content (AvgIpc) is 3.42. The van der Waals surface area contributed by atoms with Crippen molar-refractivity contribution in [3.63, 3.8) is 0 Å². The Morgan fingerprint density at radius 2 is 2.00 bits per heavy atom. The number of Topliss-reactive ketones (excluding diaryl/α,β-unsaturated/α-hetero) is 1. The number of nitriles is 1. The van der Waals surface area contributed by atoms with Gasteiger partial charge >= 0.3 is 0 Å². The second kappa shape index (κ2) is 7.88. The van der Waals surface area contributed by atoms with E-state index in [1.54, 1.807) is 24.5 Å². The number of ketones is 1. The minimum atomic E-state index is -0.516. The highest BCUT2D eigenvalue weighted by Gasteiger charge is 2.26. The molecule has 0 spiro atoms. The van der Waals surface area contributed by atoms with Gasteiger partial charge < -0.3 is 14.8 Å². The molecule has 0 radical (unpaired) electrons. The number of hydrogen-bond acceptors (Lipinski definition) is 7. The van der Waals surface area contributed by atoms with Gasteiger partial charge in [-0.15, -0.1) is 0 Å². The smallest absolute Gasteiger partial charge is 0.177 e. The Morgan fingerprint density at radius 1 is 1.23 bits per heavy atom. The van der Waals surface area contributed by atoms with Crippen LogP contribution in [0.3, 0.4) is 0 Å². The Balaban J connectivity index is 1.57. The van der Waals surface area contributed by atoms with Crippen LogP contribution >= 0.6 is 0 Å². The predicted molar refractivity (Wildman–Crippen MR) is 117 cm³/mol. The fourth-order valence-electron chi connectivity index (χ4n) is 3.02. The first-order chi connectivity index (χ1) is 14.8. The number of nitrogens with zero attached hydrogens (tertiary/aromatic N) is 4. The van der Waals surface area contributed by atoms with Crippen molar-refractivity contribution in [2.45, 2.75) is 20.8 Å². The van der Waals surface area contributed by atoms with Gasteiger partial charge in [0.2, 0.25) is 0 Å². The molecule has 0 amide bonds. The summed E-state index contributed by atoms with van der Waals surface area (Å²) in [6, 6.07) is 11.2. The van der Waals surface area contributed by atoms with Crippen LogP contribution in [-0.4, -0.2) is 25.9 Å². The zero-order valence-corrected chi connectivity index (χ0v) is 17.3. The fourth-order valence-corrected chi connectivity index (χ4v) is 3.02. The van der Waals surface area contributed by atoms with Crippen molar-refractivity contribution in [2.24, 2.45) is 5.41 Å². The van der Waals surface area contributed by atoms with Crippen LogP contribution in [0, 0.1) is 16.7 Å². The standard InChI is InChI=1S/C23H20N6O2/c1-23(2,3)21(30)17-12-25-22-20(17)29-19(13-26-22)28-16-6-4-14(5-7-16)10-15(11-24)18-8-9-27-31-18/h4-10,12-13H,1-3H3,(H,25,26)(H,28,29)/b15-10-. The summed E-state index contributed by atoms with van der Waals surface area (Å²) in [5.74, 6) is 0.944. The zero-order chi connectivity index (χ0) is 22.0. The third kappa shape index (κ3) is 4.21. The molecule has 3 heterocycles. The summed E-state index contributed by atoms with van der Waals surface area (Å²) in [4.78, 5) is 24.7. The molecule has 8 heteroatoms. The van der Waals surface area contributed by atoms with E-state index in [-0.39, 0.29) is 5.78 Å². The van der Waals surface area contributed by atoms with Crippen LogP contribution in [-0.2, 0) is 0 Å². The number of aromatic amines is 1. The summed E-state index contributed by atoms with van der Waals surface area (Å²) >= 11 is 0. The maximum Gasteiger partial charge on any atom is 0.177 e. The molecule has 0 aliphatic carbocycles. The largest absolute Gasteiger partial charge is 0.356 e. The van der Waals surface area contributed by atoms with E-state index >= 15 is 0 Å². The first kappa shape index (κ1) is 20.0. The maximum absolute atomic E-state index is 12.7. The molecular formula is C23H20N6O2. The number of rotatable bonds is 5. The van der Waals surface area contributed by atoms with Crippen LogP contribution in [0.15, 0.2) is 53.4 Å². The molecule has 2 N–H and O–H groups in total. The minimum Gasteiger partial charge on any atom is -0.356 e. The Hall–Kier alpha value is -4.25. The van der Waals surface area contributed by atoms with Crippen molar-refractivity contribution in [3.05, 3.63) is 65.8 Å². The lowest BCUT2D eigenvalue weighted by molar-refractivity contribution is 0.0860. The molecule has 8 nitrogen and oxygen atoms in total. The summed E-state index contributed by atoms with van der Waals surface area (Å²) in [5, 5.41) is 16.2. The molecule has 0 fully saturated rings. The van der Waals surface area contributed by atoms with Crippen LogP contribution in [0.5, 0.6) is 0 Å². The highest BCUT2D eigenvalue weighted by Crippen LogP contribution is 2.26. The molecule has 0 atom stereocenters. The molecule has 0 unspecified atom stereocenters. The molecule has 0 aliphatic rings. The lowest BCUT2D eigenvalue weighted by Gasteiger charge is -2.15. The summed E-state index contributed by atoms with van der Waals surface area (Å²) < 4.78 is 5.04. The molecular weight excluding hydrogens is 392 g/mol. The topological polar surface area (TPSA) is 120 Å². The van der Waals surface area contributed by atoms with Crippen molar-refractivity contribution in [2.75, 3.05) is 5.32 Å². The highest BCUT2D eigenvalue weighted by molar-refractivity contribution is 6.08. The lowest BCUT2D eigenvalue weighted by atomic mass is 9.87. The number of aromatic nitrogens is 4. The van der Waals surface area contributed by atoms with Crippen LogP contribution < -0.4 is 5.32 Å². The van der Waals surface area contributed by atoms with Crippen molar-refractivity contribution in [3.8, 4) is 6.07 Å². The number of H-pyrrole nitrogens is 1. The van der Waals surface area contributed by atoms with Gasteiger partial charge in [0.05, 0.1) is 23.5 Å². The molecule has 31 heavy (non-hydrogen) atoms. The molecule has 154 valence electrons. The fraction of sp³-hybridized carbons (Fsp3) is 0.174. The summed E-state index contributed by atoms with van der Waals surface area (Å²) in [6.45, 7) is 5.62. The van der Waals surface area contributed by atoms with Gasteiger partial charge in [-0.2, -0.15) is 5.26 Å². The van der Waals surface area contributed by atoms with Gasteiger partial charge in [0.1, 0.15) is 17.4 Å². The highest BCUT2D eigenvalue weighted by atomic mass is 16.5. The number of hydrogen-bond donors (Lipinski definition) is 2.